The highest BCUT2D eigenvalue weighted by atomic mass is 16.4. The SMILES string of the molecule is CCCCCCCCCCCCCCCC(=O)NC(Cc1ccccc1)C(=O)NC(CCCN)CNC(CO)C(=O)NC(CO)C(=O)NC(CCCN)C(=O)NC(O)CCC(=O)O. The maximum absolute atomic E-state index is 13.8. The summed E-state index contributed by atoms with van der Waals surface area (Å²) in [5, 5.41) is 54.9. The molecule has 0 aliphatic rings. The molecule has 0 aromatic heterocycles. The van der Waals surface area contributed by atoms with E-state index in [9.17, 15) is 44.1 Å². The Morgan fingerprint density at radius 1 is 0.556 bits per heavy atom. The minimum Gasteiger partial charge on any atom is -0.481 e. The van der Waals surface area contributed by atoms with E-state index in [1.807, 2.05) is 30.3 Å². The van der Waals surface area contributed by atoms with Gasteiger partial charge < -0.3 is 63.8 Å². The number of amides is 5. The quantitative estimate of drug-likeness (QED) is 0.0329. The van der Waals surface area contributed by atoms with E-state index in [0.29, 0.717) is 25.8 Å². The molecule has 0 aliphatic carbocycles. The summed E-state index contributed by atoms with van der Waals surface area (Å²) in [4.78, 5) is 77.0. The van der Waals surface area contributed by atoms with E-state index in [1.54, 1.807) is 0 Å². The Hall–Kier alpha value is -4.20. The van der Waals surface area contributed by atoms with E-state index in [2.05, 4.69) is 38.8 Å². The Morgan fingerprint density at radius 3 is 1.62 bits per heavy atom. The van der Waals surface area contributed by atoms with E-state index in [0.717, 1.165) is 31.2 Å². The smallest absolute Gasteiger partial charge is 0.303 e. The first-order chi connectivity index (χ1) is 30.4. The van der Waals surface area contributed by atoms with Crippen LogP contribution < -0.4 is 43.4 Å². The minimum atomic E-state index is -1.55. The molecule has 5 amide bonds. The highest BCUT2D eigenvalue weighted by molar-refractivity contribution is 5.93. The molecule has 0 aliphatic heterocycles. The lowest BCUT2D eigenvalue weighted by molar-refractivity contribution is -0.138. The highest BCUT2D eigenvalue weighted by Crippen LogP contribution is 2.14. The Kier molecular flexibility index (Phi) is 32.6. The molecule has 0 fully saturated rings. The number of aliphatic hydroxyl groups excluding tert-OH is 3. The lowest BCUT2D eigenvalue weighted by Crippen LogP contribution is -2.59. The predicted molar refractivity (Wildman–Crippen MR) is 242 cm³/mol. The molecule has 18 nitrogen and oxygen atoms in total. The summed E-state index contributed by atoms with van der Waals surface area (Å²) in [7, 11) is 0. The number of rotatable bonds is 39. The summed E-state index contributed by atoms with van der Waals surface area (Å²) in [5.74, 6) is -4.43. The zero-order valence-electron chi connectivity index (χ0n) is 37.6. The van der Waals surface area contributed by atoms with Crippen molar-refractivity contribution in [3.05, 3.63) is 35.9 Å². The molecule has 0 saturated carbocycles. The molecule has 0 heterocycles. The molecule has 1 rings (SSSR count). The molecule has 1 aromatic carbocycles. The number of carboxylic acids is 1. The lowest BCUT2D eigenvalue weighted by Gasteiger charge is -2.27. The van der Waals surface area contributed by atoms with Gasteiger partial charge in [-0.05, 0) is 50.8 Å². The van der Waals surface area contributed by atoms with Gasteiger partial charge in [-0.1, -0.05) is 114 Å². The van der Waals surface area contributed by atoms with Crippen molar-refractivity contribution in [2.75, 3.05) is 32.8 Å². The summed E-state index contributed by atoms with van der Waals surface area (Å²) in [6, 6.07) is 3.79. The normalized spacial score (nSPS) is 14.1. The third-order valence-corrected chi connectivity index (χ3v) is 10.7. The van der Waals surface area contributed by atoms with E-state index in [-0.39, 0.29) is 44.7 Å². The largest absolute Gasteiger partial charge is 0.481 e. The standard InChI is InChI=1S/C45H80N8O10/c1-2-3-4-5-6-7-8-9-10-11-12-13-17-24-39(56)50-36(29-33-20-15-14-16-21-33)43(61)49-34(22-18-27-46)30-48-37(31-54)44(62)52-38(32-55)45(63)51-35(23-19-28-47)42(60)53-40(57)25-26-41(58)59/h14-16,20-21,34-38,40,48,54-55,57H,2-13,17-19,22-32,46-47H2,1H3,(H,49,61)(H,50,56)(H,51,63)(H,52,62)(H,53,60)(H,58,59). The highest BCUT2D eigenvalue weighted by Gasteiger charge is 2.30. The molecule has 0 radical (unpaired) electrons. The fourth-order valence-corrected chi connectivity index (χ4v) is 6.97. The van der Waals surface area contributed by atoms with Crippen molar-refractivity contribution < 1.29 is 49.2 Å². The molecule has 6 unspecified atom stereocenters. The molecular formula is C45H80N8O10. The minimum absolute atomic E-state index is 0.00310. The van der Waals surface area contributed by atoms with Crippen LogP contribution in [0.25, 0.3) is 0 Å². The van der Waals surface area contributed by atoms with Gasteiger partial charge in [0.05, 0.1) is 13.2 Å². The maximum atomic E-state index is 13.8. The van der Waals surface area contributed by atoms with Gasteiger partial charge in [-0.15, -0.1) is 0 Å². The van der Waals surface area contributed by atoms with Crippen LogP contribution in [0.3, 0.4) is 0 Å². The second-order valence-electron chi connectivity index (χ2n) is 16.3. The third-order valence-electron chi connectivity index (χ3n) is 10.7. The van der Waals surface area contributed by atoms with Gasteiger partial charge in [0, 0.05) is 38.3 Å². The first kappa shape index (κ1) is 56.8. The number of unbranched alkanes of at least 4 members (excludes halogenated alkanes) is 12. The Balaban J connectivity index is 2.83. The van der Waals surface area contributed by atoms with Gasteiger partial charge in [0.1, 0.15) is 30.4 Å². The van der Waals surface area contributed by atoms with Crippen LogP contribution in [0.4, 0.5) is 0 Å². The first-order valence-electron chi connectivity index (χ1n) is 23.2. The van der Waals surface area contributed by atoms with Gasteiger partial charge >= 0.3 is 5.97 Å². The number of carbonyl (C=O) groups excluding carboxylic acids is 5. The van der Waals surface area contributed by atoms with E-state index in [1.165, 1.54) is 57.8 Å². The van der Waals surface area contributed by atoms with Gasteiger partial charge in [-0.2, -0.15) is 0 Å². The summed E-state index contributed by atoms with van der Waals surface area (Å²) in [6.45, 7) is 1.13. The number of aliphatic carboxylic acids is 1. The van der Waals surface area contributed by atoms with Gasteiger partial charge in [0.15, 0.2) is 0 Å². The molecule has 0 spiro atoms. The Morgan fingerprint density at radius 2 is 1.06 bits per heavy atom. The van der Waals surface area contributed by atoms with Crippen LogP contribution in [0.15, 0.2) is 30.3 Å². The maximum Gasteiger partial charge on any atom is 0.303 e. The molecule has 1 aromatic rings. The summed E-state index contributed by atoms with van der Waals surface area (Å²) in [6.07, 6.45) is 15.1. The van der Waals surface area contributed by atoms with Gasteiger partial charge in [-0.3, -0.25) is 28.8 Å². The molecule has 0 bridgehead atoms. The molecule has 6 atom stereocenters. The van der Waals surface area contributed by atoms with Crippen molar-refractivity contribution >= 4 is 35.5 Å². The average molecular weight is 893 g/mol. The van der Waals surface area contributed by atoms with E-state index in [4.69, 9.17) is 16.6 Å². The number of carbonyl (C=O) groups is 6. The molecule has 63 heavy (non-hydrogen) atoms. The number of nitrogens with one attached hydrogen (secondary N) is 6. The molecule has 18 heteroatoms. The van der Waals surface area contributed by atoms with Crippen LogP contribution >= 0.6 is 0 Å². The van der Waals surface area contributed by atoms with Crippen molar-refractivity contribution in [1.29, 1.82) is 0 Å². The zero-order chi connectivity index (χ0) is 46.7. The first-order valence-corrected chi connectivity index (χ1v) is 23.2. The van der Waals surface area contributed by atoms with Crippen LogP contribution in [-0.4, -0.2) is 125 Å². The van der Waals surface area contributed by atoms with Crippen molar-refractivity contribution in [2.45, 2.75) is 178 Å². The average Bonchev–Trinajstić information content (AvgIpc) is 3.26. The van der Waals surface area contributed by atoms with Crippen LogP contribution in [0.1, 0.15) is 141 Å². The van der Waals surface area contributed by atoms with Crippen molar-refractivity contribution in [3.8, 4) is 0 Å². The summed E-state index contributed by atoms with van der Waals surface area (Å²) >= 11 is 0. The van der Waals surface area contributed by atoms with Crippen LogP contribution in [-0.2, 0) is 35.2 Å². The number of nitrogens with two attached hydrogens (primary N) is 2. The lowest BCUT2D eigenvalue weighted by atomic mass is 10.0. The number of carboxylic acid groups (broad SMARTS) is 1. The Labute approximate surface area is 374 Å². The van der Waals surface area contributed by atoms with Gasteiger partial charge in [0.2, 0.25) is 29.5 Å². The van der Waals surface area contributed by atoms with E-state index < -0.39 is 85.7 Å². The number of hydrogen-bond acceptors (Lipinski definition) is 12. The van der Waals surface area contributed by atoms with Crippen LogP contribution in [0, 0.1) is 0 Å². The second-order valence-corrected chi connectivity index (χ2v) is 16.3. The van der Waals surface area contributed by atoms with E-state index >= 15 is 0 Å². The topological polar surface area (TPSA) is 308 Å². The fraction of sp³-hybridized carbons (Fsp3) is 0.733. The zero-order valence-corrected chi connectivity index (χ0v) is 37.6. The molecular weight excluding hydrogens is 813 g/mol. The van der Waals surface area contributed by atoms with Gasteiger partial charge in [-0.25, -0.2) is 0 Å². The van der Waals surface area contributed by atoms with Crippen molar-refractivity contribution in [1.82, 2.24) is 31.9 Å². The predicted octanol–water partition coefficient (Wildman–Crippen LogP) is 1.37. The van der Waals surface area contributed by atoms with Crippen molar-refractivity contribution in [2.24, 2.45) is 11.5 Å². The number of aliphatic hydroxyl groups is 3. The summed E-state index contributed by atoms with van der Waals surface area (Å²) in [5.41, 5.74) is 12.2. The Bertz CT molecular complexity index is 1430. The molecule has 0 saturated heterocycles. The van der Waals surface area contributed by atoms with Crippen molar-refractivity contribution in [3.63, 3.8) is 0 Å². The summed E-state index contributed by atoms with van der Waals surface area (Å²) < 4.78 is 0. The molecule has 14 N–H and O–H groups in total. The second kappa shape index (κ2) is 36.2. The number of hydrogen-bond donors (Lipinski definition) is 12. The molecule has 360 valence electrons. The number of benzene rings is 1. The fourth-order valence-electron chi connectivity index (χ4n) is 6.97. The third kappa shape index (κ3) is 27.6. The van der Waals surface area contributed by atoms with Crippen LogP contribution in [0.5, 0.6) is 0 Å². The van der Waals surface area contributed by atoms with Gasteiger partial charge in [0.25, 0.3) is 0 Å². The van der Waals surface area contributed by atoms with Crippen LogP contribution in [0.2, 0.25) is 0 Å². The monoisotopic (exact) mass is 893 g/mol.